The van der Waals surface area contributed by atoms with E-state index in [0.29, 0.717) is 5.75 Å². The van der Waals surface area contributed by atoms with Crippen molar-refractivity contribution in [2.24, 2.45) is 0 Å². The molecule has 3 heteroatoms. The van der Waals surface area contributed by atoms with Gasteiger partial charge < -0.3 is 14.9 Å². The van der Waals surface area contributed by atoms with Crippen LogP contribution in [0.4, 0.5) is 0 Å². The lowest BCUT2D eigenvalue weighted by Crippen LogP contribution is -1.87. The molecular weight excluding hydrogens is 204 g/mol. The first-order chi connectivity index (χ1) is 7.70. The van der Waals surface area contributed by atoms with Gasteiger partial charge in [0.1, 0.15) is 17.2 Å². The highest BCUT2D eigenvalue weighted by molar-refractivity contribution is 5.72. The lowest BCUT2D eigenvalue weighted by molar-refractivity contribution is 0.416. The zero-order chi connectivity index (χ0) is 11.5. The minimum Gasteiger partial charge on any atom is -0.508 e. The molecule has 0 saturated heterocycles. The molecule has 0 fully saturated rings. The van der Waals surface area contributed by atoms with E-state index in [4.69, 9.17) is 4.74 Å². The Morgan fingerprint density at radius 2 is 1.56 bits per heavy atom. The molecule has 0 unspecified atom stereocenters. The molecule has 2 N–H and O–H groups in total. The van der Waals surface area contributed by atoms with Crippen LogP contribution in [0.2, 0.25) is 0 Å². The molecule has 0 saturated carbocycles. The Bertz CT molecular complexity index is 486. The SMILES string of the molecule is COc1ccccc1-c1cc(O)cc(O)c1. The van der Waals surface area contributed by atoms with Crippen LogP contribution in [0.15, 0.2) is 42.5 Å². The van der Waals surface area contributed by atoms with E-state index in [1.54, 1.807) is 19.2 Å². The summed E-state index contributed by atoms with van der Waals surface area (Å²) in [5.74, 6) is 0.759. The summed E-state index contributed by atoms with van der Waals surface area (Å²) in [7, 11) is 1.58. The molecule has 0 heterocycles. The summed E-state index contributed by atoms with van der Waals surface area (Å²) >= 11 is 0. The van der Waals surface area contributed by atoms with Crippen molar-refractivity contribution in [3.05, 3.63) is 42.5 Å². The van der Waals surface area contributed by atoms with Gasteiger partial charge in [0.25, 0.3) is 0 Å². The van der Waals surface area contributed by atoms with Gasteiger partial charge in [-0.25, -0.2) is 0 Å². The molecule has 0 atom stereocenters. The molecule has 0 aliphatic carbocycles. The average Bonchev–Trinajstić information content (AvgIpc) is 2.27. The molecule has 2 aromatic carbocycles. The largest absolute Gasteiger partial charge is 0.508 e. The number of rotatable bonds is 2. The van der Waals surface area contributed by atoms with E-state index in [1.165, 1.54) is 6.07 Å². The molecule has 0 radical (unpaired) electrons. The second-order valence-electron chi connectivity index (χ2n) is 3.44. The summed E-state index contributed by atoms with van der Waals surface area (Å²) in [5, 5.41) is 18.8. The van der Waals surface area contributed by atoms with E-state index >= 15 is 0 Å². The zero-order valence-electron chi connectivity index (χ0n) is 8.84. The Hall–Kier alpha value is -2.16. The van der Waals surface area contributed by atoms with Gasteiger partial charge in [-0.2, -0.15) is 0 Å². The lowest BCUT2D eigenvalue weighted by Gasteiger charge is -2.08. The molecule has 3 nitrogen and oxygen atoms in total. The standard InChI is InChI=1S/C13H12O3/c1-16-13-5-3-2-4-12(13)9-6-10(14)8-11(15)7-9/h2-8,14-15H,1H3. The number of ether oxygens (including phenoxy) is 1. The number of hydrogen-bond acceptors (Lipinski definition) is 3. The predicted molar refractivity (Wildman–Crippen MR) is 61.8 cm³/mol. The monoisotopic (exact) mass is 216 g/mol. The molecule has 82 valence electrons. The van der Waals surface area contributed by atoms with Gasteiger partial charge in [-0.3, -0.25) is 0 Å². The smallest absolute Gasteiger partial charge is 0.126 e. The fraction of sp³-hybridized carbons (Fsp3) is 0.0769. The first kappa shape index (κ1) is 10.4. The minimum atomic E-state index is 0.0286. The molecule has 2 aromatic rings. The second-order valence-corrected chi connectivity index (χ2v) is 3.44. The van der Waals surface area contributed by atoms with Gasteiger partial charge in [0.2, 0.25) is 0 Å². The van der Waals surface area contributed by atoms with Crippen molar-refractivity contribution in [3.8, 4) is 28.4 Å². The van der Waals surface area contributed by atoms with Crippen LogP contribution < -0.4 is 4.74 Å². The summed E-state index contributed by atoms with van der Waals surface area (Å²) in [5.41, 5.74) is 1.55. The lowest BCUT2D eigenvalue weighted by atomic mass is 10.0. The van der Waals surface area contributed by atoms with Crippen molar-refractivity contribution in [1.82, 2.24) is 0 Å². The highest BCUT2D eigenvalue weighted by atomic mass is 16.5. The molecule has 0 aliphatic heterocycles. The number of methoxy groups -OCH3 is 1. The van der Waals surface area contributed by atoms with E-state index in [0.717, 1.165) is 11.1 Å². The Morgan fingerprint density at radius 1 is 0.938 bits per heavy atom. The second kappa shape index (κ2) is 4.14. The molecule has 0 bridgehead atoms. The molecule has 0 aliphatic rings. The van der Waals surface area contributed by atoms with Crippen LogP contribution in [0.1, 0.15) is 0 Å². The number of phenols is 2. The van der Waals surface area contributed by atoms with E-state index < -0.39 is 0 Å². The third-order valence-electron chi connectivity index (χ3n) is 2.32. The maximum Gasteiger partial charge on any atom is 0.126 e. The molecule has 0 spiro atoms. The van der Waals surface area contributed by atoms with Crippen LogP contribution in [0.3, 0.4) is 0 Å². The van der Waals surface area contributed by atoms with Crippen LogP contribution in [0, 0.1) is 0 Å². The number of hydrogen-bond donors (Lipinski definition) is 2. The van der Waals surface area contributed by atoms with E-state index in [9.17, 15) is 10.2 Å². The first-order valence-corrected chi connectivity index (χ1v) is 4.87. The molecule has 0 amide bonds. The number of para-hydroxylation sites is 1. The predicted octanol–water partition coefficient (Wildman–Crippen LogP) is 2.77. The highest BCUT2D eigenvalue weighted by Gasteiger charge is 2.06. The zero-order valence-corrected chi connectivity index (χ0v) is 8.84. The average molecular weight is 216 g/mol. The van der Waals surface area contributed by atoms with E-state index in [1.807, 2.05) is 24.3 Å². The van der Waals surface area contributed by atoms with Gasteiger partial charge in [-0.15, -0.1) is 0 Å². The normalized spacial score (nSPS) is 10.1. The minimum absolute atomic E-state index is 0.0286. The van der Waals surface area contributed by atoms with Gasteiger partial charge in [-0.1, -0.05) is 18.2 Å². The van der Waals surface area contributed by atoms with Gasteiger partial charge in [0.05, 0.1) is 7.11 Å². The number of phenolic OH excluding ortho intramolecular Hbond substituents is 2. The van der Waals surface area contributed by atoms with Crippen LogP contribution in [-0.4, -0.2) is 17.3 Å². The Labute approximate surface area is 93.6 Å². The summed E-state index contributed by atoms with van der Waals surface area (Å²) in [6.07, 6.45) is 0. The third kappa shape index (κ3) is 1.93. The van der Waals surface area contributed by atoms with E-state index in [2.05, 4.69) is 0 Å². The van der Waals surface area contributed by atoms with Crippen LogP contribution >= 0.6 is 0 Å². The van der Waals surface area contributed by atoms with Crippen LogP contribution in [-0.2, 0) is 0 Å². The maximum absolute atomic E-state index is 9.42. The van der Waals surface area contributed by atoms with Crippen molar-refractivity contribution in [2.45, 2.75) is 0 Å². The summed E-state index contributed by atoms with van der Waals surface area (Å²) < 4.78 is 5.22. The van der Waals surface area contributed by atoms with Gasteiger partial charge in [0, 0.05) is 11.6 Å². The molecule has 16 heavy (non-hydrogen) atoms. The summed E-state index contributed by atoms with van der Waals surface area (Å²) in [6.45, 7) is 0. The van der Waals surface area contributed by atoms with Crippen molar-refractivity contribution in [3.63, 3.8) is 0 Å². The fourth-order valence-corrected chi connectivity index (χ4v) is 1.63. The topological polar surface area (TPSA) is 49.7 Å². The number of aromatic hydroxyl groups is 2. The maximum atomic E-state index is 9.42. The van der Waals surface area contributed by atoms with Crippen molar-refractivity contribution < 1.29 is 14.9 Å². The summed E-state index contributed by atoms with van der Waals surface area (Å²) in [6, 6.07) is 11.9. The Kier molecular flexibility index (Phi) is 2.68. The fourth-order valence-electron chi connectivity index (χ4n) is 1.63. The first-order valence-electron chi connectivity index (χ1n) is 4.87. The van der Waals surface area contributed by atoms with Gasteiger partial charge in [-0.05, 0) is 23.8 Å². The van der Waals surface area contributed by atoms with Crippen LogP contribution in [0.5, 0.6) is 17.2 Å². The van der Waals surface area contributed by atoms with Crippen LogP contribution in [0.25, 0.3) is 11.1 Å². The van der Waals surface area contributed by atoms with Gasteiger partial charge >= 0.3 is 0 Å². The van der Waals surface area contributed by atoms with Crippen molar-refractivity contribution in [1.29, 1.82) is 0 Å². The number of benzene rings is 2. The van der Waals surface area contributed by atoms with Crippen molar-refractivity contribution >= 4 is 0 Å². The Balaban J connectivity index is 2.58. The van der Waals surface area contributed by atoms with E-state index in [-0.39, 0.29) is 11.5 Å². The Morgan fingerprint density at radius 3 is 2.19 bits per heavy atom. The third-order valence-corrected chi connectivity index (χ3v) is 2.32. The quantitative estimate of drug-likeness (QED) is 0.811. The summed E-state index contributed by atoms with van der Waals surface area (Å²) in [4.78, 5) is 0. The molecule has 2 rings (SSSR count). The molecular formula is C13H12O3. The van der Waals surface area contributed by atoms with Crippen molar-refractivity contribution in [2.75, 3.05) is 7.11 Å². The highest BCUT2D eigenvalue weighted by Crippen LogP contribution is 2.33. The van der Waals surface area contributed by atoms with Gasteiger partial charge in [0.15, 0.2) is 0 Å². The molecule has 0 aromatic heterocycles.